The smallest absolute Gasteiger partial charge is 0.143 e. The minimum atomic E-state index is -0.250. The second-order valence-electron chi connectivity index (χ2n) is 18.6. The molecule has 0 saturated heterocycles. The van der Waals surface area contributed by atoms with E-state index in [2.05, 4.69) is 242 Å². The summed E-state index contributed by atoms with van der Waals surface area (Å²) in [4.78, 5) is 2.40. The van der Waals surface area contributed by atoms with E-state index in [1.165, 1.54) is 72.0 Å². The fraction of sp³-hybridized carbons (Fsp3) is 0.0462. The average molecular weight is 871 g/mol. The van der Waals surface area contributed by atoms with Crippen LogP contribution in [-0.4, -0.2) is 4.57 Å². The molecule has 0 fully saturated rings. The Hall–Kier alpha value is -8.66. The van der Waals surface area contributed by atoms with Crippen molar-refractivity contribution in [3.05, 3.63) is 248 Å². The number of aromatic nitrogens is 1. The summed E-state index contributed by atoms with van der Waals surface area (Å²) in [5.74, 6) is 0. The molecule has 0 N–H and O–H groups in total. The standard InChI is InChI=1S/C65H46N2O/c1-4-42-20-22-43(23-21-42)44-24-26-45(27-25-44)46-28-32-48(33-29-46)66(49-34-30-47(31-35-49)52-15-11-16-58-57-14-7-10-19-63(57)68-64(52)58)50-36-38-53-54-39-37-51(41-60(54)65(2,3)59(53)40-50)67-61-17-8-5-12-55(61)56-13-6-9-18-62(56)67/h4-41H,1H2,2-3H3. The van der Waals surface area contributed by atoms with E-state index in [-0.39, 0.29) is 5.41 Å². The minimum Gasteiger partial charge on any atom is -0.455 e. The van der Waals surface area contributed by atoms with Crippen molar-refractivity contribution in [2.45, 2.75) is 19.3 Å². The molecule has 2 aromatic heterocycles. The normalized spacial score (nSPS) is 12.7. The second-order valence-corrected chi connectivity index (χ2v) is 18.6. The molecule has 0 bridgehead atoms. The van der Waals surface area contributed by atoms with Crippen molar-refractivity contribution in [1.29, 1.82) is 0 Å². The highest BCUT2D eigenvalue weighted by Crippen LogP contribution is 2.52. The summed E-state index contributed by atoms with van der Waals surface area (Å²) in [6.07, 6.45) is 1.88. The average Bonchev–Trinajstić information content (AvgIpc) is 4.02. The molecule has 0 aliphatic heterocycles. The van der Waals surface area contributed by atoms with Crippen molar-refractivity contribution in [3.63, 3.8) is 0 Å². The van der Waals surface area contributed by atoms with Crippen LogP contribution in [0.15, 0.2) is 235 Å². The molecule has 1 aliphatic carbocycles. The molecule has 10 aromatic carbocycles. The number of nitrogens with zero attached hydrogens (tertiary/aromatic N) is 2. The highest BCUT2D eigenvalue weighted by molar-refractivity contribution is 6.10. The number of benzene rings is 10. The van der Waals surface area contributed by atoms with Gasteiger partial charge < -0.3 is 13.9 Å². The second kappa shape index (κ2) is 15.5. The lowest BCUT2D eigenvalue weighted by molar-refractivity contribution is 0.660. The predicted molar refractivity (Wildman–Crippen MR) is 287 cm³/mol. The monoisotopic (exact) mass is 870 g/mol. The Bertz CT molecular complexity index is 3870. The molecule has 322 valence electrons. The summed E-state index contributed by atoms with van der Waals surface area (Å²) in [5, 5.41) is 4.80. The molecule has 0 spiro atoms. The maximum atomic E-state index is 6.48. The topological polar surface area (TPSA) is 21.3 Å². The molecule has 13 rings (SSSR count). The van der Waals surface area contributed by atoms with Gasteiger partial charge in [0.1, 0.15) is 11.2 Å². The fourth-order valence-corrected chi connectivity index (χ4v) is 10.9. The van der Waals surface area contributed by atoms with E-state index in [0.29, 0.717) is 0 Å². The third-order valence-corrected chi connectivity index (χ3v) is 14.4. The molecule has 0 unspecified atom stereocenters. The van der Waals surface area contributed by atoms with Crippen molar-refractivity contribution in [1.82, 2.24) is 4.57 Å². The van der Waals surface area contributed by atoms with Crippen LogP contribution in [0.2, 0.25) is 0 Å². The molecule has 3 nitrogen and oxygen atoms in total. The molecule has 0 radical (unpaired) electrons. The van der Waals surface area contributed by atoms with Crippen molar-refractivity contribution in [2.75, 3.05) is 4.90 Å². The van der Waals surface area contributed by atoms with E-state index >= 15 is 0 Å². The van der Waals surface area contributed by atoms with Crippen molar-refractivity contribution in [3.8, 4) is 50.2 Å². The first-order valence-electron chi connectivity index (χ1n) is 23.4. The molecule has 0 atom stereocenters. The SMILES string of the molecule is C=Cc1ccc(-c2ccc(-c3ccc(N(c4ccc(-c5cccc6c5oc5ccccc56)cc4)c4ccc5c(c4)C(C)(C)c4cc(-n6c7ccccc7c7ccccc76)ccc4-5)cc3)cc2)cc1. The van der Waals surface area contributed by atoms with Crippen LogP contribution < -0.4 is 4.90 Å². The summed E-state index contributed by atoms with van der Waals surface area (Å²) in [5.41, 5.74) is 21.7. The van der Waals surface area contributed by atoms with Gasteiger partial charge in [-0.3, -0.25) is 0 Å². The zero-order chi connectivity index (χ0) is 45.5. The third kappa shape index (κ3) is 6.27. The quantitative estimate of drug-likeness (QED) is 0.152. The first-order valence-corrected chi connectivity index (χ1v) is 23.4. The summed E-state index contributed by atoms with van der Waals surface area (Å²) >= 11 is 0. The first kappa shape index (κ1) is 39.7. The third-order valence-electron chi connectivity index (χ3n) is 14.4. The summed E-state index contributed by atoms with van der Waals surface area (Å²) < 4.78 is 8.91. The van der Waals surface area contributed by atoms with E-state index in [1.807, 2.05) is 18.2 Å². The molecule has 3 heteroatoms. The number of fused-ring (bicyclic) bond motifs is 9. The van der Waals surface area contributed by atoms with Crippen LogP contribution in [0.25, 0.3) is 100 Å². The van der Waals surface area contributed by atoms with Crippen molar-refractivity contribution >= 4 is 66.9 Å². The highest BCUT2D eigenvalue weighted by Gasteiger charge is 2.36. The number of hydrogen-bond acceptors (Lipinski definition) is 2. The van der Waals surface area contributed by atoms with Gasteiger partial charge in [0, 0.05) is 55.3 Å². The summed E-state index contributed by atoms with van der Waals surface area (Å²) in [6, 6.07) is 81.7. The van der Waals surface area contributed by atoms with Gasteiger partial charge in [-0.25, -0.2) is 0 Å². The van der Waals surface area contributed by atoms with Crippen LogP contribution in [0.4, 0.5) is 17.1 Å². The molecule has 68 heavy (non-hydrogen) atoms. The van der Waals surface area contributed by atoms with Gasteiger partial charge in [-0.05, 0) is 122 Å². The zero-order valence-electron chi connectivity index (χ0n) is 37.9. The minimum absolute atomic E-state index is 0.250. The molecule has 0 saturated carbocycles. The van der Waals surface area contributed by atoms with Gasteiger partial charge in [0.2, 0.25) is 0 Å². The lowest BCUT2D eigenvalue weighted by Gasteiger charge is -2.28. The van der Waals surface area contributed by atoms with E-state index in [4.69, 9.17) is 4.42 Å². The number of anilines is 3. The maximum Gasteiger partial charge on any atom is 0.143 e. The van der Waals surface area contributed by atoms with Gasteiger partial charge in [-0.2, -0.15) is 0 Å². The van der Waals surface area contributed by atoms with Crippen molar-refractivity contribution in [2.24, 2.45) is 0 Å². The Kier molecular flexibility index (Phi) is 9.03. The van der Waals surface area contributed by atoms with Crippen molar-refractivity contribution < 1.29 is 4.42 Å². The van der Waals surface area contributed by atoms with Crippen LogP contribution in [-0.2, 0) is 5.41 Å². The van der Waals surface area contributed by atoms with E-state index < -0.39 is 0 Å². The van der Waals surface area contributed by atoms with Crippen LogP contribution >= 0.6 is 0 Å². The Morgan fingerprint density at radius 1 is 0.426 bits per heavy atom. The number of rotatable bonds is 8. The molecular weight excluding hydrogens is 825 g/mol. The zero-order valence-corrected chi connectivity index (χ0v) is 37.9. The summed E-state index contributed by atoms with van der Waals surface area (Å²) in [7, 11) is 0. The van der Waals surface area contributed by atoms with Gasteiger partial charge in [0.05, 0.1) is 11.0 Å². The molecular formula is C65H46N2O. The summed E-state index contributed by atoms with van der Waals surface area (Å²) in [6.45, 7) is 8.66. The molecule has 12 aromatic rings. The predicted octanol–water partition coefficient (Wildman–Crippen LogP) is 18.1. The van der Waals surface area contributed by atoms with Gasteiger partial charge in [-0.1, -0.05) is 184 Å². The Labute approximate surface area is 396 Å². The van der Waals surface area contributed by atoms with Crippen LogP contribution in [0.3, 0.4) is 0 Å². The Balaban J connectivity index is 0.891. The molecule has 2 heterocycles. The lowest BCUT2D eigenvalue weighted by atomic mass is 9.82. The van der Waals surface area contributed by atoms with Gasteiger partial charge in [0.25, 0.3) is 0 Å². The van der Waals surface area contributed by atoms with Gasteiger partial charge in [0.15, 0.2) is 0 Å². The first-order chi connectivity index (χ1) is 33.4. The maximum absolute atomic E-state index is 6.48. The van der Waals surface area contributed by atoms with Crippen LogP contribution in [0.5, 0.6) is 0 Å². The lowest BCUT2D eigenvalue weighted by Crippen LogP contribution is -2.17. The largest absolute Gasteiger partial charge is 0.455 e. The van der Waals surface area contributed by atoms with Gasteiger partial charge >= 0.3 is 0 Å². The van der Waals surface area contributed by atoms with Gasteiger partial charge in [-0.15, -0.1) is 0 Å². The Morgan fingerprint density at radius 2 is 0.912 bits per heavy atom. The van der Waals surface area contributed by atoms with Crippen LogP contribution in [0, 0.1) is 0 Å². The van der Waals surface area contributed by atoms with E-state index in [0.717, 1.165) is 55.7 Å². The Morgan fingerprint density at radius 3 is 1.53 bits per heavy atom. The number of furan rings is 1. The fourth-order valence-electron chi connectivity index (χ4n) is 10.9. The van der Waals surface area contributed by atoms with Crippen LogP contribution in [0.1, 0.15) is 30.5 Å². The molecule has 0 amide bonds. The van der Waals surface area contributed by atoms with E-state index in [9.17, 15) is 0 Å². The molecule has 1 aliphatic rings. The highest BCUT2D eigenvalue weighted by atomic mass is 16.3. The number of hydrogen-bond donors (Lipinski definition) is 0. The number of para-hydroxylation sites is 4. The van der Waals surface area contributed by atoms with E-state index in [1.54, 1.807) is 0 Å².